The van der Waals surface area contributed by atoms with Crippen LogP contribution in [-0.2, 0) is 11.3 Å². The van der Waals surface area contributed by atoms with Crippen LogP contribution in [0.2, 0.25) is 0 Å². The summed E-state index contributed by atoms with van der Waals surface area (Å²) >= 11 is 2.74. The number of nitrogens with zero attached hydrogens (tertiary/aromatic N) is 4. The van der Waals surface area contributed by atoms with E-state index in [4.69, 9.17) is 9.15 Å². The lowest BCUT2D eigenvalue weighted by molar-refractivity contribution is -0.127. The van der Waals surface area contributed by atoms with Crippen LogP contribution in [0.5, 0.6) is 5.75 Å². The summed E-state index contributed by atoms with van der Waals surface area (Å²) in [6, 6.07) is 13.6. The molecule has 2 aromatic heterocycles. The molecule has 4 rings (SSSR count). The predicted molar refractivity (Wildman–Crippen MR) is 117 cm³/mol. The standard InChI is InChI=1S/C21H19FN4O3S2/c1-13(28-15-9-7-14(22)8-10-15)20-24-25-21(29-20)30-12-19(27)26(2)11-18-23-16-5-3-4-6-17(16)31-18/h3-10,13H,11-12H2,1-2H3/t13-/m0/s1. The summed E-state index contributed by atoms with van der Waals surface area (Å²) < 4.78 is 25.4. The first kappa shape index (κ1) is 21.3. The number of fused-ring (bicyclic) bond motifs is 1. The molecule has 0 aliphatic carbocycles. The number of benzene rings is 2. The van der Waals surface area contributed by atoms with Crippen molar-refractivity contribution in [2.45, 2.75) is 24.8 Å². The molecule has 10 heteroatoms. The molecule has 31 heavy (non-hydrogen) atoms. The van der Waals surface area contributed by atoms with Crippen molar-refractivity contribution in [3.05, 3.63) is 65.2 Å². The molecule has 0 radical (unpaired) electrons. The normalized spacial score (nSPS) is 12.1. The summed E-state index contributed by atoms with van der Waals surface area (Å²) in [6.07, 6.45) is -0.510. The van der Waals surface area contributed by atoms with E-state index in [1.807, 2.05) is 24.3 Å². The molecule has 1 atom stereocenters. The summed E-state index contributed by atoms with van der Waals surface area (Å²) in [7, 11) is 1.74. The van der Waals surface area contributed by atoms with E-state index in [9.17, 15) is 9.18 Å². The average molecular weight is 459 g/mol. The largest absolute Gasteiger partial charge is 0.481 e. The minimum atomic E-state index is -0.510. The minimum absolute atomic E-state index is 0.0698. The molecule has 2 heterocycles. The molecule has 4 aromatic rings. The lowest BCUT2D eigenvalue weighted by Crippen LogP contribution is -2.27. The Morgan fingerprint density at radius 3 is 2.77 bits per heavy atom. The van der Waals surface area contributed by atoms with Crippen LogP contribution < -0.4 is 4.74 Å². The second-order valence-electron chi connectivity index (χ2n) is 6.73. The van der Waals surface area contributed by atoms with Gasteiger partial charge < -0.3 is 14.1 Å². The number of hydrogen-bond acceptors (Lipinski definition) is 8. The van der Waals surface area contributed by atoms with Gasteiger partial charge >= 0.3 is 0 Å². The van der Waals surface area contributed by atoms with E-state index in [-0.39, 0.29) is 28.6 Å². The summed E-state index contributed by atoms with van der Waals surface area (Å²) in [5, 5.41) is 9.10. The van der Waals surface area contributed by atoms with Gasteiger partial charge in [-0.05, 0) is 43.3 Å². The zero-order valence-corrected chi connectivity index (χ0v) is 18.5. The van der Waals surface area contributed by atoms with Crippen LogP contribution >= 0.6 is 23.1 Å². The molecule has 7 nitrogen and oxygen atoms in total. The van der Waals surface area contributed by atoms with Gasteiger partial charge in [0.2, 0.25) is 5.91 Å². The Morgan fingerprint density at radius 2 is 2.00 bits per heavy atom. The van der Waals surface area contributed by atoms with Crippen molar-refractivity contribution in [1.82, 2.24) is 20.1 Å². The van der Waals surface area contributed by atoms with Crippen LogP contribution in [0.1, 0.15) is 23.9 Å². The van der Waals surface area contributed by atoms with Gasteiger partial charge in [-0.2, -0.15) is 0 Å². The maximum Gasteiger partial charge on any atom is 0.277 e. The van der Waals surface area contributed by atoms with Gasteiger partial charge in [0.1, 0.15) is 16.6 Å². The Morgan fingerprint density at radius 1 is 1.23 bits per heavy atom. The Hall–Kier alpha value is -2.98. The topological polar surface area (TPSA) is 81.4 Å². The molecule has 0 unspecified atom stereocenters. The van der Waals surface area contributed by atoms with E-state index in [0.717, 1.165) is 15.2 Å². The summed E-state index contributed by atoms with van der Waals surface area (Å²) in [4.78, 5) is 18.7. The fraction of sp³-hybridized carbons (Fsp3) is 0.238. The molecule has 2 aromatic carbocycles. The predicted octanol–water partition coefficient (Wildman–Crippen LogP) is 4.71. The fourth-order valence-electron chi connectivity index (χ4n) is 2.72. The van der Waals surface area contributed by atoms with Crippen LogP contribution in [0.15, 0.2) is 58.2 Å². The SMILES string of the molecule is C[C@H](Oc1ccc(F)cc1)c1nnc(SCC(=O)N(C)Cc2nc3ccccc3s2)o1. The van der Waals surface area contributed by atoms with Gasteiger partial charge in [-0.1, -0.05) is 23.9 Å². The zero-order chi connectivity index (χ0) is 21.8. The molecule has 0 fully saturated rings. The van der Waals surface area contributed by atoms with E-state index in [2.05, 4.69) is 15.2 Å². The van der Waals surface area contributed by atoms with Crippen molar-refractivity contribution in [3.8, 4) is 5.75 Å². The fourth-order valence-corrected chi connectivity index (χ4v) is 4.45. The monoisotopic (exact) mass is 458 g/mol. The molecule has 0 saturated carbocycles. The molecule has 0 spiro atoms. The second kappa shape index (κ2) is 9.44. The highest BCUT2D eigenvalue weighted by Gasteiger charge is 2.18. The number of thiazole rings is 1. The van der Waals surface area contributed by atoms with Crippen molar-refractivity contribution in [1.29, 1.82) is 0 Å². The maximum absolute atomic E-state index is 13.0. The van der Waals surface area contributed by atoms with Crippen molar-refractivity contribution >= 4 is 39.2 Å². The van der Waals surface area contributed by atoms with E-state index in [0.29, 0.717) is 12.3 Å². The highest BCUT2D eigenvalue weighted by atomic mass is 32.2. The van der Waals surface area contributed by atoms with Gasteiger partial charge in [0.25, 0.3) is 11.1 Å². The van der Waals surface area contributed by atoms with E-state index >= 15 is 0 Å². The zero-order valence-electron chi connectivity index (χ0n) is 16.8. The number of thioether (sulfide) groups is 1. The van der Waals surface area contributed by atoms with Crippen molar-refractivity contribution in [2.24, 2.45) is 0 Å². The summed E-state index contributed by atoms with van der Waals surface area (Å²) in [6.45, 7) is 2.19. The molecular formula is C21H19FN4O3S2. The van der Waals surface area contributed by atoms with Crippen LogP contribution in [0.25, 0.3) is 10.2 Å². The number of carbonyl (C=O) groups is 1. The van der Waals surface area contributed by atoms with Crippen LogP contribution in [-0.4, -0.2) is 38.8 Å². The molecule has 0 saturated heterocycles. The highest BCUT2D eigenvalue weighted by Crippen LogP contribution is 2.25. The quantitative estimate of drug-likeness (QED) is 0.354. The van der Waals surface area contributed by atoms with Gasteiger partial charge in [0.05, 0.1) is 22.5 Å². The number of para-hydroxylation sites is 1. The number of carbonyl (C=O) groups excluding carboxylic acids is 1. The molecule has 1 amide bonds. The van der Waals surface area contributed by atoms with Crippen molar-refractivity contribution < 1.29 is 18.3 Å². The Bertz CT molecular complexity index is 1150. The van der Waals surface area contributed by atoms with Crippen LogP contribution in [0.3, 0.4) is 0 Å². The Labute approximate surface area is 186 Å². The molecule has 0 N–H and O–H groups in total. The highest BCUT2D eigenvalue weighted by molar-refractivity contribution is 7.99. The first-order valence-electron chi connectivity index (χ1n) is 9.45. The molecule has 0 aliphatic rings. The van der Waals surface area contributed by atoms with Gasteiger partial charge in [-0.15, -0.1) is 21.5 Å². The van der Waals surface area contributed by atoms with Gasteiger partial charge in [-0.3, -0.25) is 4.79 Å². The van der Waals surface area contributed by atoms with Gasteiger partial charge in [-0.25, -0.2) is 9.37 Å². The van der Waals surface area contributed by atoms with Gasteiger partial charge in [0, 0.05) is 7.05 Å². The third-order valence-electron chi connectivity index (χ3n) is 4.35. The summed E-state index contributed by atoms with van der Waals surface area (Å²) in [5.41, 5.74) is 0.938. The number of ether oxygens (including phenoxy) is 1. The van der Waals surface area contributed by atoms with Gasteiger partial charge in [0.15, 0.2) is 6.10 Å². The van der Waals surface area contributed by atoms with Crippen molar-refractivity contribution in [3.63, 3.8) is 0 Å². The minimum Gasteiger partial charge on any atom is -0.481 e. The average Bonchev–Trinajstić information content (AvgIpc) is 3.40. The molecule has 160 valence electrons. The van der Waals surface area contributed by atoms with E-state index in [1.165, 1.54) is 36.0 Å². The van der Waals surface area contributed by atoms with Crippen LogP contribution in [0.4, 0.5) is 4.39 Å². The third-order valence-corrected chi connectivity index (χ3v) is 6.18. The first-order valence-corrected chi connectivity index (χ1v) is 11.2. The summed E-state index contributed by atoms with van der Waals surface area (Å²) in [5.74, 6) is 0.528. The molecule has 0 bridgehead atoms. The van der Waals surface area contributed by atoms with E-state index < -0.39 is 6.10 Å². The molecular weight excluding hydrogens is 439 g/mol. The van der Waals surface area contributed by atoms with Crippen LogP contribution in [0, 0.1) is 5.82 Å². The molecule has 0 aliphatic heterocycles. The van der Waals surface area contributed by atoms with Crippen molar-refractivity contribution in [2.75, 3.05) is 12.8 Å². The number of aromatic nitrogens is 3. The first-order chi connectivity index (χ1) is 15.0. The Balaban J connectivity index is 1.29. The lowest BCUT2D eigenvalue weighted by atomic mass is 10.3. The maximum atomic E-state index is 13.0. The number of hydrogen-bond donors (Lipinski definition) is 0. The number of halogens is 1. The number of rotatable bonds is 8. The smallest absolute Gasteiger partial charge is 0.277 e. The third kappa shape index (κ3) is 5.39. The Kier molecular flexibility index (Phi) is 6.47. The lowest BCUT2D eigenvalue weighted by Gasteiger charge is -2.14. The number of amides is 1. The second-order valence-corrected chi connectivity index (χ2v) is 8.78. The van der Waals surface area contributed by atoms with E-state index in [1.54, 1.807) is 30.2 Å².